The lowest BCUT2D eigenvalue weighted by Gasteiger charge is -2.15. The molecule has 0 aliphatic carbocycles. The number of rotatable bonds is 3. The molecule has 1 saturated heterocycles. The molecule has 2 rings (SSSR count). The number of hydrogen-bond donors (Lipinski definition) is 0. The smallest absolute Gasteiger partial charge is 0.219 e. The van der Waals surface area contributed by atoms with Crippen molar-refractivity contribution in [2.75, 3.05) is 13.1 Å². The zero-order valence-electron chi connectivity index (χ0n) is 10.5. The van der Waals surface area contributed by atoms with Gasteiger partial charge in [-0.05, 0) is 24.1 Å². The summed E-state index contributed by atoms with van der Waals surface area (Å²) in [6.07, 6.45) is 2.09. The molecule has 1 unspecified atom stereocenters. The van der Waals surface area contributed by atoms with Crippen LogP contribution in [-0.2, 0) is 11.2 Å². The highest BCUT2D eigenvalue weighted by molar-refractivity contribution is 5.73. The summed E-state index contributed by atoms with van der Waals surface area (Å²) in [4.78, 5) is 13.1. The van der Waals surface area contributed by atoms with Crippen LogP contribution in [0.4, 0.5) is 0 Å². The SMILES string of the molecule is CCc1cccc(OC2CCN(C(C)=O)C2)c1. The molecule has 1 aliphatic heterocycles. The van der Waals surface area contributed by atoms with Gasteiger partial charge in [0.05, 0.1) is 6.54 Å². The maximum Gasteiger partial charge on any atom is 0.219 e. The fourth-order valence-corrected chi connectivity index (χ4v) is 2.14. The van der Waals surface area contributed by atoms with Gasteiger partial charge in [-0.15, -0.1) is 0 Å². The van der Waals surface area contributed by atoms with E-state index in [1.807, 2.05) is 17.0 Å². The second-order valence-corrected chi connectivity index (χ2v) is 4.49. The van der Waals surface area contributed by atoms with E-state index >= 15 is 0 Å². The largest absolute Gasteiger partial charge is 0.489 e. The topological polar surface area (TPSA) is 29.5 Å². The van der Waals surface area contributed by atoms with Crippen LogP contribution >= 0.6 is 0 Å². The zero-order valence-corrected chi connectivity index (χ0v) is 10.5. The van der Waals surface area contributed by atoms with Crippen molar-refractivity contribution in [2.24, 2.45) is 0 Å². The van der Waals surface area contributed by atoms with Crippen LogP contribution in [0.2, 0.25) is 0 Å². The lowest BCUT2D eigenvalue weighted by atomic mass is 10.1. The lowest BCUT2D eigenvalue weighted by molar-refractivity contribution is -0.128. The van der Waals surface area contributed by atoms with Gasteiger partial charge in [-0.3, -0.25) is 4.79 Å². The normalized spacial score (nSPS) is 19.4. The Morgan fingerprint density at radius 3 is 3.00 bits per heavy atom. The maximum atomic E-state index is 11.2. The molecule has 0 bridgehead atoms. The minimum Gasteiger partial charge on any atom is -0.489 e. The molecule has 1 heterocycles. The molecule has 1 aliphatic rings. The van der Waals surface area contributed by atoms with Gasteiger partial charge in [-0.2, -0.15) is 0 Å². The van der Waals surface area contributed by atoms with E-state index in [2.05, 4.69) is 19.1 Å². The summed E-state index contributed by atoms with van der Waals surface area (Å²) in [6, 6.07) is 8.18. The predicted octanol–water partition coefficient (Wildman–Crippen LogP) is 2.25. The average molecular weight is 233 g/mol. The van der Waals surface area contributed by atoms with Crippen LogP contribution in [0.15, 0.2) is 24.3 Å². The van der Waals surface area contributed by atoms with Gasteiger partial charge in [0.2, 0.25) is 5.91 Å². The summed E-state index contributed by atoms with van der Waals surface area (Å²) in [6.45, 7) is 5.27. The molecule has 92 valence electrons. The van der Waals surface area contributed by atoms with Crippen molar-refractivity contribution in [3.05, 3.63) is 29.8 Å². The minimum absolute atomic E-state index is 0.137. The Bertz CT molecular complexity index is 403. The number of amides is 1. The van der Waals surface area contributed by atoms with Crippen molar-refractivity contribution in [1.29, 1.82) is 0 Å². The molecule has 1 aromatic carbocycles. The lowest BCUT2D eigenvalue weighted by Crippen LogP contribution is -2.28. The molecule has 1 fully saturated rings. The first-order chi connectivity index (χ1) is 8.19. The van der Waals surface area contributed by atoms with Crippen LogP contribution in [0.1, 0.15) is 25.8 Å². The zero-order chi connectivity index (χ0) is 12.3. The van der Waals surface area contributed by atoms with Gasteiger partial charge in [-0.25, -0.2) is 0 Å². The van der Waals surface area contributed by atoms with Crippen LogP contribution < -0.4 is 4.74 Å². The van der Waals surface area contributed by atoms with E-state index in [0.717, 1.165) is 25.1 Å². The molecule has 0 radical (unpaired) electrons. The van der Waals surface area contributed by atoms with E-state index in [1.165, 1.54) is 5.56 Å². The van der Waals surface area contributed by atoms with E-state index in [4.69, 9.17) is 4.74 Å². The summed E-state index contributed by atoms with van der Waals surface area (Å²) in [5.41, 5.74) is 1.28. The van der Waals surface area contributed by atoms with Crippen LogP contribution in [0.5, 0.6) is 5.75 Å². The van der Waals surface area contributed by atoms with Crippen molar-refractivity contribution >= 4 is 5.91 Å². The number of benzene rings is 1. The quantitative estimate of drug-likeness (QED) is 0.801. The highest BCUT2D eigenvalue weighted by atomic mass is 16.5. The van der Waals surface area contributed by atoms with Crippen molar-refractivity contribution in [1.82, 2.24) is 4.90 Å². The number of likely N-dealkylation sites (tertiary alicyclic amines) is 1. The van der Waals surface area contributed by atoms with Crippen LogP contribution in [0.3, 0.4) is 0 Å². The Morgan fingerprint density at radius 2 is 2.35 bits per heavy atom. The van der Waals surface area contributed by atoms with Gasteiger partial charge in [-0.1, -0.05) is 19.1 Å². The Kier molecular flexibility index (Phi) is 3.67. The summed E-state index contributed by atoms with van der Waals surface area (Å²) in [5.74, 6) is 1.05. The fraction of sp³-hybridized carbons (Fsp3) is 0.500. The van der Waals surface area contributed by atoms with Crippen LogP contribution in [-0.4, -0.2) is 30.0 Å². The van der Waals surface area contributed by atoms with Crippen LogP contribution in [0, 0.1) is 0 Å². The second kappa shape index (κ2) is 5.21. The monoisotopic (exact) mass is 233 g/mol. The molecular formula is C14H19NO2. The van der Waals surface area contributed by atoms with Crippen molar-refractivity contribution in [2.45, 2.75) is 32.8 Å². The summed E-state index contributed by atoms with van der Waals surface area (Å²) in [5, 5.41) is 0. The van der Waals surface area contributed by atoms with Crippen LogP contribution in [0.25, 0.3) is 0 Å². The number of hydrogen-bond acceptors (Lipinski definition) is 2. The fourth-order valence-electron chi connectivity index (χ4n) is 2.14. The number of carbonyl (C=O) groups is 1. The standard InChI is InChI=1S/C14H19NO2/c1-3-12-5-4-6-13(9-12)17-14-7-8-15(10-14)11(2)16/h4-6,9,14H,3,7-8,10H2,1-2H3. The van der Waals surface area contributed by atoms with E-state index < -0.39 is 0 Å². The molecule has 0 saturated carbocycles. The minimum atomic E-state index is 0.137. The summed E-state index contributed by atoms with van der Waals surface area (Å²) >= 11 is 0. The van der Waals surface area contributed by atoms with E-state index in [1.54, 1.807) is 6.92 Å². The molecule has 0 N–H and O–H groups in total. The highest BCUT2D eigenvalue weighted by Crippen LogP contribution is 2.19. The second-order valence-electron chi connectivity index (χ2n) is 4.49. The molecule has 0 spiro atoms. The summed E-state index contributed by atoms with van der Waals surface area (Å²) in [7, 11) is 0. The molecule has 17 heavy (non-hydrogen) atoms. The Labute approximate surface area is 102 Å². The Hall–Kier alpha value is -1.51. The van der Waals surface area contributed by atoms with Gasteiger partial charge < -0.3 is 9.64 Å². The van der Waals surface area contributed by atoms with Crippen molar-refractivity contribution in [3.63, 3.8) is 0 Å². The average Bonchev–Trinajstić information content (AvgIpc) is 2.78. The first-order valence-electron chi connectivity index (χ1n) is 6.20. The third-order valence-corrected chi connectivity index (χ3v) is 3.20. The van der Waals surface area contributed by atoms with Gasteiger partial charge >= 0.3 is 0 Å². The van der Waals surface area contributed by atoms with Gasteiger partial charge in [0.25, 0.3) is 0 Å². The summed E-state index contributed by atoms with van der Waals surface area (Å²) < 4.78 is 5.90. The molecular weight excluding hydrogens is 214 g/mol. The number of carbonyl (C=O) groups excluding carboxylic acids is 1. The van der Waals surface area contributed by atoms with E-state index in [9.17, 15) is 4.79 Å². The molecule has 1 aromatic rings. The third kappa shape index (κ3) is 2.99. The highest BCUT2D eigenvalue weighted by Gasteiger charge is 2.25. The van der Waals surface area contributed by atoms with E-state index in [-0.39, 0.29) is 12.0 Å². The van der Waals surface area contributed by atoms with Crippen molar-refractivity contribution < 1.29 is 9.53 Å². The van der Waals surface area contributed by atoms with Gasteiger partial charge in [0, 0.05) is 19.9 Å². The third-order valence-electron chi connectivity index (χ3n) is 3.20. The van der Waals surface area contributed by atoms with Gasteiger partial charge in [0.1, 0.15) is 11.9 Å². The predicted molar refractivity (Wildman–Crippen MR) is 67.1 cm³/mol. The molecule has 1 atom stereocenters. The number of aryl methyl sites for hydroxylation is 1. The first kappa shape index (κ1) is 12.0. The van der Waals surface area contributed by atoms with E-state index in [0.29, 0.717) is 6.54 Å². The molecule has 0 aromatic heterocycles. The molecule has 3 nitrogen and oxygen atoms in total. The van der Waals surface area contributed by atoms with Gasteiger partial charge in [0.15, 0.2) is 0 Å². The first-order valence-corrected chi connectivity index (χ1v) is 6.20. The molecule has 1 amide bonds. The van der Waals surface area contributed by atoms with Crippen molar-refractivity contribution in [3.8, 4) is 5.75 Å². The number of ether oxygens (including phenoxy) is 1. The molecule has 3 heteroatoms. The Balaban J connectivity index is 1.95. The number of nitrogens with zero attached hydrogens (tertiary/aromatic N) is 1. The maximum absolute atomic E-state index is 11.2. The Morgan fingerprint density at radius 1 is 1.53 bits per heavy atom.